The van der Waals surface area contributed by atoms with Gasteiger partial charge in [-0.2, -0.15) is 13.2 Å². The summed E-state index contributed by atoms with van der Waals surface area (Å²) in [6, 6.07) is 2.52. The topological polar surface area (TPSA) is 50.2 Å². The molecule has 0 saturated heterocycles. The lowest BCUT2D eigenvalue weighted by molar-refractivity contribution is -0.137. The monoisotopic (exact) mass is 261 g/mol. The molecule has 2 aromatic rings. The Kier molecular flexibility index (Phi) is 2.57. The molecule has 1 aromatic carbocycles. The first-order valence-corrected chi connectivity index (χ1v) is 5.32. The van der Waals surface area contributed by atoms with Gasteiger partial charge in [0.1, 0.15) is 0 Å². The van der Waals surface area contributed by atoms with Crippen LogP contribution in [0.15, 0.2) is 12.1 Å². The molecule has 0 aliphatic rings. The van der Waals surface area contributed by atoms with Crippen LogP contribution >= 0.6 is 11.3 Å². The van der Waals surface area contributed by atoms with Crippen molar-refractivity contribution in [1.82, 2.24) is 4.98 Å². The van der Waals surface area contributed by atoms with Crippen LogP contribution in [-0.2, 0) is 6.18 Å². The normalized spacial score (nSPS) is 12.0. The van der Waals surface area contributed by atoms with Gasteiger partial charge in [-0.05, 0) is 24.6 Å². The summed E-state index contributed by atoms with van der Waals surface area (Å²) in [5.41, 5.74) is 0.589. The maximum atomic E-state index is 12.4. The average molecular weight is 261 g/mol. The highest BCUT2D eigenvalue weighted by molar-refractivity contribution is 7.18. The zero-order valence-electron chi connectivity index (χ0n) is 8.50. The number of carbonyl (C=O) groups is 1. The molecule has 7 heteroatoms. The van der Waals surface area contributed by atoms with Crippen molar-refractivity contribution >= 4 is 27.5 Å². The second-order valence-electron chi connectivity index (χ2n) is 3.46. The van der Waals surface area contributed by atoms with Crippen molar-refractivity contribution in [3.05, 3.63) is 28.3 Å². The van der Waals surface area contributed by atoms with Gasteiger partial charge in [0.15, 0.2) is 5.01 Å². The van der Waals surface area contributed by atoms with Gasteiger partial charge >= 0.3 is 12.1 Å². The number of aromatic nitrogens is 1. The predicted molar refractivity (Wildman–Crippen MR) is 56.3 cm³/mol. The SMILES string of the molecule is Cc1cc(C(=O)O)cc2sc(C(F)(F)F)nc12. The predicted octanol–water partition coefficient (Wildman–Crippen LogP) is 3.32. The van der Waals surface area contributed by atoms with Gasteiger partial charge in [0.25, 0.3) is 0 Å². The Morgan fingerprint density at radius 3 is 2.59 bits per heavy atom. The Morgan fingerprint density at radius 2 is 2.06 bits per heavy atom. The molecule has 0 amide bonds. The molecule has 1 N–H and O–H groups in total. The van der Waals surface area contributed by atoms with Crippen LogP contribution in [0.5, 0.6) is 0 Å². The Bertz CT molecular complexity index is 603. The molecule has 2 rings (SSSR count). The van der Waals surface area contributed by atoms with Gasteiger partial charge in [0.05, 0.1) is 15.8 Å². The van der Waals surface area contributed by atoms with Crippen molar-refractivity contribution < 1.29 is 23.1 Å². The van der Waals surface area contributed by atoms with E-state index in [0.29, 0.717) is 16.9 Å². The number of thiazole rings is 1. The second kappa shape index (κ2) is 3.69. The minimum atomic E-state index is -4.50. The number of carboxylic acids is 1. The summed E-state index contributed by atoms with van der Waals surface area (Å²) >= 11 is 0.451. The zero-order valence-corrected chi connectivity index (χ0v) is 9.32. The number of fused-ring (bicyclic) bond motifs is 1. The molecule has 1 aromatic heterocycles. The highest BCUT2D eigenvalue weighted by atomic mass is 32.1. The number of alkyl halides is 3. The third-order valence-corrected chi connectivity index (χ3v) is 3.22. The van der Waals surface area contributed by atoms with Crippen LogP contribution in [0.1, 0.15) is 20.9 Å². The first kappa shape index (κ1) is 11.8. The summed E-state index contributed by atoms with van der Waals surface area (Å²) < 4.78 is 37.6. The standard InChI is InChI=1S/C10H6F3NO2S/c1-4-2-5(8(15)16)3-6-7(4)14-9(17-6)10(11,12)13/h2-3H,1H3,(H,15,16). The molecule has 0 spiro atoms. The van der Waals surface area contributed by atoms with Crippen LogP contribution in [0.2, 0.25) is 0 Å². The minimum absolute atomic E-state index is 0.0348. The molecule has 0 radical (unpaired) electrons. The van der Waals surface area contributed by atoms with Crippen molar-refractivity contribution in [2.75, 3.05) is 0 Å². The first-order valence-electron chi connectivity index (χ1n) is 4.50. The lowest BCUT2D eigenvalue weighted by atomic mass is 10.1. The Morgan fingerprint density at radius 1 is 1.41 bits per heavy atom. The molecule has 0 unspecified atom stereocenters. The van der Waals surface area contributed by atoms with Crippen LogP contribution in [-0.4, -0.2) is 16.1 Å². The van der Waals surface area contributed by atoms with Gasteiger partial charge in [-0.1, -0.05) is 0 Å². The molecule has 0 aliphatic carbocycles. The van der Waals surface area contributed by atoms with Crippen molar-refractivity contribution in [2.24, 2.45) is 0 Å². The largest absolute Gasteiger partial charge is 0.478 e. The summed E-state index contributed by atoms with van der Waals surface area (Å²) in [4.78, 5) is 14.2. The van der Waals surface area contributed by atoms with Crippen molar-refractivity contribution in [1.29, 1.82) is 0 Å². The minimum Gasteiger partial charge on any atom is -0.478 e. The summed E-state index contributed by atoms with van der Waals surface area (Å²) in [5.74, 6) is -1.17. The third kappa shape index (κ3) is 2.10. The van der Waals surface area contributed by atoms with E-state index in [0.717, 1.165) is 0 Å². The van der Waals surface area contributed by atoms with Gasteiger partial charge in [-0.25, -0.2) is 9.78 Å². The van der Waals surface area contributed by atoms with E-state index >= 15 is 0 Å². The summed E-state index contributed by atoms with van der Waals surface area (Å²) in [6.07, 6.45) is -4.50. The van der Waals surface area contributed by atoms with Crippen molar-refractivity contribution in [3.63, 3.8) is 0 Å². The fourth-order valence-corrected chi connectivity index (χ4v) is 2.39. The van der Waals surface area contributed by atoms with Gasteiger partial charge in [0.2, 0.25) is 0 Å². The van der Waals surface area contributed by atoms with Crippen LogP contribution < -0.4 is 0 Å². The smallest absolute Gasteiger partial charge is 0.443 e. The Labute approximate surface area is 97.5 Å². The quantitative estimate of drug-likeness (QED) is 0.856. The van der Waals surface area contributed by atoms with Crippen molar-refractivity contribution in [3.8, 4) is 0 Å². The molecule has 0 fully saturated rings. The number of hydrogen-bond donors (Lipinski definition) is 1. The number of aromatic carboxylic acids is 1. The number of benzene rings is 1. The Hall–Kier alpha value is -1.63. The fraction of sp³-hybridized carbons (Fsp3) is 0.200. The second-order valence-corrected chi connectivity index (χ2v) is 4.49. The molecule has 1 heterocycles. The Balaban J connectivity index is 2.69. The highest BCUT2D eigenvalue weighted by Gasteiger charge is 2.35. The van der Waals surface area contributed by atoms with Gasteiger partial charge in [0, 0.05) is 0 Å². The van der Waals surface area contributed by atoms with Gasteiger partial charge in [-0.3, -0.25) is 0 Å². The highest BCUT2D eigenvalue weighted by Crippen LogP contribution is 2.36. The summed E-state index contributed by atoms with van der Waals surface area (Å²) in [6.45, 7) is 1.54. The average Bonchev–Trinajstić information content (AvgIpc) is 2.60. The van der Waals surface area contributed by atoms with E-state index in [1.807, 2.05) is 0 Å². The van der Waals surface area contributed by atoms with E-state index in [1.54, 1.807) is 0 Å². The zero-order chi connectivity index (χ0) is 12.8. The van der Waals surface area contributed by atoms with Crippen LogP contribution in [0.25, 0.3) is 10.2 Å². The number of halogens is 3. The number of aryl methyl sites for hydroxylation is 1. The molecule has 17 heavy (non-hydrogen) atoms. The van der Waals surface area contributed by atoms with E-state index in [4.69, 9.17) is 5.11 Å². The van der Waals surface area contributed by atoms with Crippen LogP contribution in [0.4, 0.5) is 13.2 Å². The number of rotatable bonds is 1. The third-order valence-electron chi connectivity index (χ3n) is 2.17. The van der Waals surface area contributed by atoms with E-state index in [-0.39, 0.29) is 15.8 Å². The van der Waals surface area contributed by atoms with E-state index < -0.39 is 17.2 Å². The molecule has 90 valence electrons. The number of carboxylic acid groups (broad SMARTS) is 1. The maximum absolute atomic E-state index is 12.4. The molecule has 0 bridgehead atoms. The lowest BCUT2D eigenvalue weighted by Gasteiger charge is -1.98. The number of nitrogens with zero attached hydrogens (tertiary/aromatic N) is 1. The maximum Gasteiger partial charge on any atom is 0.443 e. The van der Waals surface area contributed by atoms with Crippen LogP contribution in [0, 0.1) is 6.92 Å². The fourth-order valence-electron chi connectivity index (χ4n) is 1.44. The van der Waals surface area contributed by atoms with E-state index in [9.17, 15) is 18.0 Å². The first-order chi connectivity index (χ1) is 7.79. The summed E-state index contributed by atoms with van der Waals surface area (Å²) in [5, 5.41) is 7.84. The molecular weight excluding hydrogens is 255 g/mol. The van der Waals surface area contributed by atoms with Crippen LogP contribution in [0.3, 0.4) is 0 Å². The molecule has 3 nitrogen and oxygen atoms in total. The van der Waals surface area contributed by atoms with Crippen molar-refractivity contribution in [2.45, 2.75) is 13.1 Å². The molecule has 0 aliphatic heterocycles. The van der Waals surface area contributed by atoms with Gasteiger partial charge < -0.3 is 5.11 Å². The summed E-state index contributed by atoms with van der Waals surface area (Å²) in [7, 11) is 0. The number of hydrogen-bond acceptors (Lipinski definition) is 3. The van der Waals surface area contributed by atoms with E-state index in [2.05, 4.69) is 4.98 Å². The van der Waals surface area contributed by atoms with E-state index in [1.165, 1.54) is 19.1 Å². The molecule has 0 atom stereocenters. The molecule has 0 saturated carbocycles. The molecular formula is C10H6F3NO2S. The van der Waals surface area contributed by atoms with Gasteiger partial charge in [-0.15, -0.1) is 11.3 Å². The lowest BCUT2D eigenvalue weighted by Crippen LogP contribution is -2.03.